The van der Waals surface area contributed by atoms with Gasteiger partial charge in [-0.15, -0.1) is 0 Å². The highest BCUT2D eigenvalue weighted by Gasteiger charge is 2.28. The smallest absolute Gasteiger partial charge is 0.232 e. The normalized spacial score (nSPS) is 13.0. The van der Waals surface area contributed by atoms with Gasteiger partial charge in [0.15, 0.2) is 0 Å². The zero-order chi connectivity index (χ0) is 17.9. The molecule has 0 atom stereocenters. The summed E-state index contributed by atoms with van der Waals surface area (Å²) in [5.41, 5.74) is 1.07. The lowest BCUT2D eigenvalue weighted by atomic mass is 10.1. The Bertz CT molecular complexity index is 880. The fourth-order valence-corrected chi connectivity index (χ4v) is 3.28. The van der Waals surface area contributed by atoms with Crippen LogP contribution in [0, 0.1) is 0 Å². The minimum Gasteiger partial charge on any atom is -0.246 e. The molecule has 0 aliphatic heterocycles. The molecule has 126 valence electrons. The van der Waals surface area contributed by atoms with Gasteiger partial charge in [-0.1, -0.05) is 105 Å². The fourth-order valence-electron chi connectivity index (χ4n) is 2.18. The van der Waals surface area contributed by atoms with Crippen LogP contribution in [0.1, 0.15) is 11.4 Å². The van der Waals surface area contributed by atoms with Crippen molar-refractivity contribution in [3.63, 3.8) is 0 Å². The molecule has 2 heterocycles. The Morgan fingerprint density at radius 2 is 0.958 bits per heavy atom. The second-order valence-corrected chi connectivity index (χ2v) is 10.2. The van der Waals surface area contributed by atoms with Crippen LogP contribution in [0.4, 0.5) is 0 Å². The van der Waals surface area contributed by atoms with E-state index in [2.05, 4.69) is 9.97 Å². The minimum atomic E-state index is -1.75. The molecule has 0 aliphatic rings. The fraction of sp³-hybridized carbons (Fsp3) is 0.143. The Labute approximate surface area is 176 Å². The molecule has 0 N–H and O–H groups in total. The van der Waals surface area contributed by atoms with E-state index >= 15 is 0 Å². The summed E-state index contributed by atoms with van der Waals surface area (Å²) in [6, 6.07) is 6.45. The van der Waals surface area contributed by atoms with Crippen molar-refractivity contribution < 1.29 is 0 Å². The van der Waals surface area contributed by atoms with Gasteiger partial charge in [0.2, 0.25) is 7.59 Å². The molecule has 3 aromatic rings. The van der Waals surface area contributed by atoms with E-state index in [4.69, 9.17) is 92.8 Å². The number of hydrogen-bond acceptors (Lipinski definition) is 2. The molecule has 0 spiro atoms. The molecule has 10 heteroatoms. The first-order valence-electron chi connectivity index (χ1n) is 6.22. The topological polar surface area (TPSA) is 25.8 Å². The van der Waals surface area contributed by atoms with Crippen molar-refractivity contribution in [2.75, 3.05) is 0 Å². The van der Waals surface area contributed by atoms with Gasteiger partial charge in [0.05, 0.1) is 32.5 Å². The van der Waals surface area contributed by atoms with Gasteiger partial charge in [0, 0.05) is 10.8 Å². The van der Waals surface area contributed by atoms with Crippen LogP contribution >= 0.6 is 92.8 Å². The van der Waals surface area contributed by atoms with Gasteiger partial charge in [0.1, 0.15) is 0 Å². The first-order valence-corrected chi connectivity index (χ1v) is 9.25. The predicted molar refractivity (Wildman–Crippen MR) is 106 cm³/mol. The molecule has 0 radical (unpaired) electrons. The van der Waals surface area contributed by atoms with E-state index < -0.39 is 7.59 Å². The highest BCUT2D eigenvalue weighted by Crippen LogP contribution is 2.43. The second-order valence-electron chi connectivity index (χ2n) is 4.83. The van der Waals surface area contributed by atoms with Crippen molar-refractivity contribution in [3.8, 4) is 0 Å². The van der Waals surface area contributed by atoms with Gasteiger partial charge in [-0.2, -0.15) is 0 Å². The van der Waals surface area contributed by atoms with Crippen LogP contribution in [0.2, 0.25) is 10.0 Å². The SMILES string of the molecule is Clc1cc(C(Cl)(Cl)Cl)nc2c1ccc1c(Cl)cc(C(Cl)(Cl)Cl)nc12. The highest BCUT2D eigenvalue weighted by atomic mass is 35.6. The number of pyridine rings is 2. The lowest BCUT2D eigenvalue weighted by molar-refractivity contribution is 1.10. The number of halogens is 8. The zero-order valence-corrected chi connectivity index (χ0v) is 17.3. The molecule has 0 unspecified atom stereocenters. The van der Waals surface area contributed by atoms with Crippen molar-refractivity contribution in [2.45, 2.75) is 7.59 Å². The second kappa shape index (κ2) is 6.51. The van der Waals surface area contributed by atoms with Crippen molar-refractivity contribution in [1.29, 1.82) is 0 Å². The molecule has 0 saturated carbocycles. The average Bonchev–Trinajstić information content (AvgIpc) is 2.45. The number of rotatable bonds is 0. The quantitative estimate of drug-likeness (QED) is 0.241. The lowest BCUT2D eigenvalue weighted by Gasteiger charge is -2.15. The molecule has 2 aromatic heterocycles. The Kier molecular flexibility index (Phi) is 5.19. The van der Waals surface area contributed by atoms with Crippen LogP contribution < -0.4 is 0 Å². The lowest BCUT2D eigenvalue weighted by Crippen LogP contribution is -2.06. The van der Waals surface area contributed by atoms with Crippen LogP contribution in [-0.4, -0.2) is 9.97 Å². The third-order valence-corrected chi connectivity index (χ3v) is 5.03. The van der Waals surface area contributed by atoms with E-state index in [0.29, 0.717) is 31.9 Å². The number of aromatic nitrogens is 2. The van der Waals surface area contributed by atoms with E-state index in [1.54, 1.807) is 12.1 Å². The highest BCUT2D eigenvalue weighted by molar-refractivity contribution is 6.67. The molecule has 0 saturated heterocycles. The molecule has 3 rings (SSSR count). The minimum absolute atomic E-state index is 0.148. The average molecular weight is 484 g/mol. The third kappa shape index (κ3) is 3.58. The van der Waals surface area contributed by atoms with Gasteiger partial charge in [-0.3, -0.25) is 0 Å². The molecular weight excluding hydrogens is 480 g/mol. The summed E-state index contributed by atoms with van der Waals surface area (Å²) in [5, 5.41) is 1.90. The van der Waals surface area contributed by atoms with Crippen molar-refractivity contribution in [3.05, 3.63) is 45.7 Å². The first kappa shape index (κ1) is 19.1. The standard InChI is InChI=1S/C14H4Cl8N2/c15-7-3-9(13(17,18)19)23-11-5(7)1-2-6-8(16)4-10(14(20,21)22)24-12(6)11/h1-4H. The first-order chi connectivity index (χ1) is 11.0. The third-order valence-electron chi connectivity index (χ3n) is 3.24. The molecule has 24 heavy (non-hydrogen) atoms. The zero-order valence-electron chi connectivity index (χ0n) is 11.2. The van der Waals surface area contributed by atoms with E-state index in [-0.39, 0.29) is 11.4 Å². The molecule has 0 amide bonds. The maximum absolute atomic E-state index is 6.28. The molecule has 2 nitrogen and oxygen atoms in total. The monoisotopic (exact) mass is 480 g/mol. The molecule has 0 fully saturated rings. The van der Waals surface area contributed by atoms with Crippen molar-refractivity contribution >= 4 is 115 Å². The van der Waals surface area contributed by atoms with Crippen LogP contribution in [0.25, 0.3) is 21.8 Å². The summed E-state index contributed by atoms with van der Waals surface area (Å²) in [5.74, 6) is 0. The van der Waals surface area contributed by atoms with Gasteiger partial charge < -0.3 is 0 Å². The van der Waals surface area contributed by atoms with Gasteiger partial charge >= 0.3 is 0 Å². The Hall–Kier alpha value is 0.360. The van der Waals surface area contributed by atoms with E-state index in [1.165, 1.54) is 12.1 Å². The Morgan fingerprint density at radius 1 is 0.625 bits per heavy atom. The maximum Gasteiger partial charge on any atom is 0.232 e. The number of alkyl halides is 6. The summed E-state index contributed by atoms with van der Waals surface area (Å²) < 4.78 is -3.51. The molecule has 0 aliphatic carbocycles. The van der Waals surface area contributed by atoms with Crippen LogP contribution in [0.5, 0.6) is 0 Å². The van der Waals surface area contributed by atoms with Gasteiger partial charge in [-0.25, -0.2) is 9.97 Å². The van der Waals surface area contributed by atoms with Crippen LogP contribution in [-0.2, 0) is 7.59 Å². The van der Waals surface area contributed by atoms with Gasteiger partial charge in [-0.05, 0) is 12.1 Å². The maximum atomic E-state index is 6.28. The molecule has 1 aromatic carbocycles. The summed E-state index contributed by atoms with van der Waals surface area (Å²) >= 11 is 48.1. The summed E-state index contributed by atoms with van der Waals surface area (Å²) in [4.78, 5) is 8.74. The van der Waals surface area contributed by atoms with Crippen LogP contribution in [0.3, 0.4) is 0 Å². The Balaban J connectivity index is 2.48. The van der Waals surface area contributed by atoms with Crippen LogP contribution in [0.15, 0.2) is 24.3 Å². The van der Waals surface area contributed by atoms with E-state index in [9.17, 15) is 0 Å². The van der Waals surface area contributed by atoms with Crippen molar-refractivity contribution in [2.24, 2.45) is 0 Å². The number of hydrogen-bond donors (Lipinski definition) is 0. The van der Waals surface area contributed by atoms with Gasteiger partial charge in [0.25, 0.3) is 0 Å². The van der Waals surface area contributed by atoms with E-state index in [0.717, 1.165) is 0 Å². The molecular formula is C14H4Cl8N2. The van der Waals surface area contributed by atoms with Crippen molar-refractivity contribution in [1.82, 2.24) is 9.97 Å². The Morgan fingerprint density at radius 3 is 1.25 bits per heavy atom. The largest absolute Gasteiger partial charge is 0.246 e. The number of fused-ring (bicyclic) bond motifs is 3. The predicted octanol–water partition coefficient (Wildman–Crippen LogP) is 7.74. The number of nitrogens with zero attached hydrogens (tertiary/aromatic N) is 2. The number of benzene rings is 1. The summed E-state index contributed by atoms with van der Waals surface area (Å²) in [7, 11) is 0. The summed E-state index contributed by atoms with van der Waals surface area (Å²) in [6.45, 7) is 0. The van der Waals surface area contributed by atoms with E-state index in [1.807, 2.05) is 0 Å². The molecule has 0 bridgehead atoms. The summed E-state index contributed by atoms with van der Waals surface area (Å²) in [6.07, 6.45) is 0.